The molecule has 8 nitrogen and oxygen atoms in total. The van der Waals surface area contributed by atoms with Crippen LogP contribution < -0.4 is 9.47 Å². The van der Waals surface area contributed by atoms with Crippen LogP contribution in [-0.2, 0) is 0 Å². The summed E-state index contributed by atoms with van der Waals surface area (Å²) in [7, 11) is 0. The number of nitrogens with zero attached hydrogens (tertiary/aromatic N) is 4. The first kappa shape index (κ1) is 16.6. The van der Waals surface area contributed by atoms with Crippen LogP contribution in [0.25, 0.3) is 0 Å². The van der Waals surface area contributed by atoms with E-state index in [9.17, 15) is 9.90 Å². The third-order valence-corrected chi connectivity index (χ3v) is 5.97. The number of carbonyl (C=O) groups excluding carboxylic acids is 1. The van der Waals surface area contributed by atoms with Crippen molar-refractivity contribution in [3.63, 3.8) is 0 Å². The lowest BCUT2D eigenvalue weighted by atomic mass is 9.77. The Hall–Kier alpha value is -2.61. The van der Waals surface area contributed by atoms with Crippen LogP contribution in [0.15, 0.2) is 30.9 Å². The van der Waals surface area contributed by atoms with Crippen molar-refractivity contribution < 1.29 is 19.4 Å². The number of benzene rings is 1. The van der Waals surface area contributed by atoms with Gasteiger partial charge in [0.1, 0.15) is 25.9 Å². The molecule has 1 aromatic carbocycles. The van der Waals surface area contributed by atoms with E-state index >= 15 is 0 Å². The number of hydrogen-bond acceptors (Lipinski definition) is 6. The molecule has 1 aliphatic carbocycles. The minimum atomic E-state index is -0.468. The van der Waals surface area contributed by atoms with Crippen LogP contribution in [-0.4, -0.2) is 63.1 Å². The van der Waals surface area contributed by atoms with Crippen molar-refractivity contribution in [2.45, 2.75) is 25.0 Å². The highest BCUT2D eigenvalue weighted by Crippen LogP contribution is 2.42. The summed E-state index contributed by atoms with van der Waals surface area (Å²) in [6.07, 6.45) is 4.14. The van der Waals surface area contributed by atoms with Gasteiger partial charge in [0, 0.05) is 13.1 Å². The fourth-order valence-corrected chi connectivity index (χ4v) is 4.66. The molecule has 27 heavy (non-hydrogen) atoms. The highest BCUT2D eigenvalue weighted by atomic mass is 16.6. The van der Waals surface area contributed by atoms with Gasteiger partial charge in [-0.25, -0.2) is 9.67 Å². The molecule has 4 atom stereocenters. The van der Waals surface area contributed by atoms with Crippen LogP contribution >= 0.6 is 0 Å². The summed E-state index contributed by atoms with van der Waals surface area (Å²) in [4.78, 5) is 19.0. The molecule has 0 bridgehead atoms. The standard InChI is InChI=1S/C19H22N4O4/c24-16-7-13-9-22(8-12(13)6-15(16)23-11-20-10-21-23)19(25)14-2-1-3-17-18(14)27-5-4-26-17/h1-3,10-13,15-16,24H,4-9H2/t12-,13+,15-,16-/m1/s1. The zero-order valence-corrected chi connectivity index (χ0v) is 14.9. The summed E-state index contributed by atoms with van der Waals surface area (Å²) >= 11 is 0. The van der Waals surface area contributed by atoms with Crippen LogP contribution in [0.3, 0.4) is 0 Å². The summed E-state index contributed by atoms with van der Waals surface area (Å²) in [6, 6.07) is 5.37. The Bertz CT molecular complexity index is 840. The van der Waals surface area contributed by atoms with E-state index in [0.29, 0.717) is 61.6 Å². The van der Waals surface area contributed by atoms with Gasteiger partial charge in [0.2, 0.25) is 0 Å². The molecule has 1 N–H and O–H groups in total. The van der Waals surface area contributed by atoms with Gasteiger partial charge in [0.25, 0.3) is 5.91 Å². The summed E-state index contributed by atoms with van der Waals surface area (Å²) in [6.45, 7) is 2.30. The van der Waals surface area contributed by atoms with Gasteiger partial charge in [-0.15, -0.1) is 0 Å². The minimum absolute atomic E-state index is 0.0291. The zero-order valence-electron chi connectivity index (χ0n) is 14.9. The Morgan fingerprint density at radius 2 is 1.96 bits per heavy atom. The first-order chi connectivity index (χ1) is 13.2. The number of likely N-dealkylation sites (tertiary alicyclic amines) is 1. The molecule has 0 radical (unpaired) electrons. The number of hydrogen-bond donors (Lipinski definition) is 1. The van der Waals surface area contributed by atoms with Crippen molar-refractivity contribution in [1.82, 2.24) is 19.7 Å². The Morgan fingerprint density at radius 3 is 2.78 bits per heavy atom. The third-order valence-electron chi connectivity index (χ3n) is 5.97. The van der Waals surface area contributed by atoms with Gasteiger partial charge < -0.3 is 19.5 Å². The quantitative estimate of drug-likeness (QED) is 0.853. The predicted octanol–water partition coefficient (Wildman–Crippen LogP) is 1.13. The molecule has 2 aliphatic heterocycles. The zero-order chi connectivity index (χ0) is 18.4. The lowest BCUT2D eigenvalue weighted by molar-refractivity contribution is 0.0304. The molecule has 1 saturated heterocycles. The van der Waals surface area contributed by atoms with E-state index in [1.807, 2.05) is 17.0 Å². The second-order valence-corrected chi connectivity index (χ2v) is 7.54. The van der Waals surface area contributed by atoms with Gasteiger partial charge >= 0.3 is 0 Å². The predicted molar refractivity (Wildman–Crippen MR) is 94.6 cm³/mol. The molecule has 0 unspecified atom stereocenters. The number of amides is 1. The first-order valence-corrected chi connectivity index (χ1v) is 9.41. The van der Waals surface area contributed by atoms with Gasteiger partial charge in [-0.1, -0.05) is 6.07 Å². The maximum Gasteiger partial charge on any atom is 0.257 e. The average Bonchev–Trinajstić information content (AvgIpc) is 3.35. The number of aromatic nitrogens is 3. The highest BCUT2D eigenvalue weighted by molar-refractivity contribution is 5.98. The summed E-state index contributed by atoms with van der Waals surface area (Å²) in [5.74, 6) is 1.80. The molecule has 1 aromatic heterocycles. The molecule has 3 aliphatic rings. The van der Waals surface area contributed by atoms with Crippen molar-refractivity contribution in [1.29, 1.82) is 0 Å². The normalized spacial score (nSPS) is 29.4. The second-order valence-electron chi connectivity index (χ2n) is 7.54. The number of para-hydroxylation sites is 1. The van der Waals surface area contributed by atoms with Gasteiger partial charge in [0.15, 0.2) is 11.5 Å². The minimum Gasteiger partial charge on any atom is -0.486 e. The molecule has 1 saturated carbocycles. The summed E-state index contributed by atoms with van der Waals surface area (Å²) in [5.41, 5.74) is 0.555. The highest BCUT2D eigenvalue weighted by Gasteiger charge is 2.44. The van der Waals surface area contributed by atoms with E-state index < -0.39 is 6.10 Å². The van der Waals surface area contributed by atoms with E-state index in [0.717, 1.165) is 6.42 Å². The maximum absolute atomic E-state index is 13.2. The number of aliphatic hydroxyl groups excluding tert-OH is 1. The van der Waals surface area contributed by atoms with Crippen molar-refractivity contribution in [2.75, 3.05) is 26.3 Å². The van der Waals surface area contributed by atoms with E-state index in [-0.39, 0.29) is 11.9 Å². The van der Waals surface area contributed by atoms with E-state index in [1.165, 1.54) is 6.33 Å². The van der Waals surface area contributed by atoms with Gasteiger partial charge in [-0.05, 0) is 36.8 Å². The smallest absolute Gasteiger partial charge is 0.257 e. The fourth-order valence-electron chi connectivity index (χ4n) is 4.66. The van der Waals surface area contributed by atoms with Crippen molar-refractivity contribution >= 4 is 5.91 Å². The third kappa shape index (κ3) is 2.84. The van der Waals surface area contributed by atoms with E-state index in [1.54, 1.807) is 17.1 Å². The molecular formula is C19H22N4O4. The SMILES string of the molecule is O=C(c1cccc2c1OCCO2)N1C[C@H]2C[C@@H](n3cncn3)[C@H](O)C[C@H]2C1. The molecule has 2 aromatic rings. The number of fused-ring (bicyclic) bond motifs is 2. The Labute approximate surface area is 156 Å². The Kier molecular flexibility index (Phi) is 4.00. The first-order valence-electron chi connectivity index (χ1n) is 9.41. The van der Waals surface area contributed by atoms with Gasteiger partial charge in [-0.3, -0.25) is 4.79 Å². The topological polar surface area (TPSA) is 89.7 Å². The molecule has 8 heteroatoms. The van der Waals surface area contributed by atoms with Crippen molar-refractivity contribution in [3.8, 4) is 11.5 Å². The Balaban J connectivity index is 1.35. The van der Waals surface area contributed by atoms with Gasteiger partial charge in [0.05, 0.1) is 17.7 Å². The second kappa shape index (κ2) is 6.53. The van der Waals surface area contributed by atoms with E-state index in [4.69, 9.17) is 9.47 Å². The molecule has 3 heterocycles. The number of ether oxygens (including phenoxy) is 2. The summed E-state index contributed by atoms with van der Waals surface area (Å²) in [5, 5.41) is 14.7. The van der Waals surface area contributed by atoms with E-state index in [2.05, 4.69) is 10.1 Å². The number of carbonyl (C=O) groups is 1. The molecule has 142 valence electrons. The lowest BCUT2D eigenvalue weighted by Crippen LogP contribution is -2.36. The van der Waals surface area contributed by atoms with Crippen LogP contribution in [0.2, 0.25) is 0 Å². The average molecular weight is 370 g/mol. The van der Waals surface area contributed by atoms with Crippen LogP contribution in [0, 0.1) is 11.8 Å². The van der Waals surface area contributed by atoms with Crippen molar-refractivity contribution in [2.24, 2.45) is 11.8 Å². The summed E-state index contributed by atoms with van der Waals surface area (Å²) < 4.78 is 13.0. The number of aliphatic hydroxyl groups is 1. The van der Waals surface area contributed by atoms with Crippen LogP contribution in [0.4, 0.5) is 0 Å². The van der Waals surface area contributed by atoms with Gasteiger partial charge in [-0.2, -0.15) is 5.10 Å². The molecule has 1 amide bonds. The molecule has 5 rings (SSSR count). The monoisotopic (exact) mass is 370 g/mol. The largest absolute Gasteiger partial charge is 0.486 e. The number of rotatable bonds is 2. The van der Waals surface area contributed by atoms with Crippen LogP contribution in [0.5, 0.6) is 11.5 Å². The molecule has 0 spiro atoms. The van der Waals surface area contributed by atoms with Crippen molar-refractivity contribution in [3.05, 3.63) is 36.4 Å². The molecular weight excluding hydrogens is 348 g/mol. The fraction of sp³-hybridized carbons (Fsp3) is 0.526. The maximum atomic E-state index is 13.2. The molecule has 2 fully saturated rings. The lowest BCUT2D eigenvalue weighted by Gasteiger charge is -2.34. The Morgan fingerprint density at radius 1 is 1.15 bits per heavy atom. The van der Waals surface area contributed by atoms with Crippen LogP contribution in [0.1, 0.15) is 29.2 Å².